The van der Waals surface area contributed by atoms with Crippen molar-refractivity contribution in [2.75, 3.05) is 49.2 Å². The van der Waals surface area contributed by atoms with E-state index in [0.717, 1.165) is 37.5 Å². The van der Waals surface area contributed by atoms with E-state index in [-0.39, 0.29) is 0 Å². The number of carboxylic acids is 1. The predicted octanol–water partition coefficient (Wildman–Crippen LogP) is 5.39. The second-order valence-electron chi connectivity index (χ2n) is 8.86. The number of hydrogen-bond donors (Lipinski definition) is 1. The number of carbonyl (C=O) groups is 1. The van der Waals surface area contributed by atoms with Gasteiger partial charge < -0.3 is 24.4 Å². The topological polar surface area (TPSA) is 62.2 Å². The van der Waals surface area contributed by atoms with Gasteiger partial charge in [-0.1, -0.05) is 56.9 Å². The van der Waals surface area contributed by atoms with E-state index in [1.54, 1.807) is 0 Å². The van der Waals surface area contributed by atoms with E-state index in [0.29, 0.717) is 19.6 Å². The van der Waals surface area contributed by atoms with E-state index in [1.807, 2.05) is 31.2 Å². The number of rotatable bonds is 15. The van der Waals surface area contributed by atoms with Crippen molar-refractivity contribution in [3.63, 3.8) is 0 Å². The fraction of sp³-hybridized carbons (Fsp3) is 0.536. The molecule has 1 aliphatic rings. The van der Waals surface area contributed by atoms with Gasteiger partial charge in [-0.25, -0.2) is 4.79 Å². The van der Waals surface area contributed by atoms with E-state index in [9.17, 15) is 9.90 Å². The fourth-order valence-corrected chi connectivity index (χ4v) is 4.45. The average molecular weight is 469 g/mol. The Morgan fingerprint density at radius 3 is 2.56 bits per heavy atom. The van der Waals surface area contributed by atoms with Gasteiger partial charge in [-0.3, -0.25) is 0 Å². The highest BCUT2D eigenvalue weighted by Crippen LogP contribution is 2.31. The van der Waals surface area contributed by atoms with E-state index < -0.39 is 12.1 Å². The number of para-hydroxylation sites is 2. The molecule has 1 N–H and O–H groups in total. The zero-order chi connectivity index (χ0) is 24.2. The molecule has 186 valence electrons. The van der Waals surface area contributed by atoms with Gasteiger partial charge in [-0.15, -0.1) is 0 Å². The SMILES string of the molecule is CCCCCCCN(CCN1CCOc2ccccc21)c1ccc(CC(OCC)C(=O)O)cc1. The summed E-state index contributed by atoms with van der Waals surface area (Å²) in [5.41, 5.74) is 3.33. The van der Waals surface area contributed by atoms with Crippen LogP contribution in [0.3, 0.4) is 0 Å². The minimum absolute atomic E-state index is 0.380. The van der Waals surface area contributed by atoms with Crippen LogP contribution in [-0.4, -0.2) is 56.6 Å². The number of carboxylic acid groups (broad SMARTS) is 1. The quantitative estimate of drug-likeness (QED) is 0.354. The molecule has 0 radical (unpaired) electrons. The Morgan fingerprint density at radius 1 is 1.06 bits per heavy atom. The molecule has 2 aromatic carbocycles. The van der Waals surface area contributed by atoms with Gasteiger partial charge in [0.1, 0.15) is 12.4 Å². The molecule has 0 saturated heterocycles. The molecule has 34 heavy (non-hydrogen) atoms. The zero-order valence-corrected chi connectivity index (χ0v) is 20.7. The van der Waals surface area contributed by atoms with Crippen LogP contribution in [0.1, 0.15) is 51.5 Å². The van der Waals surface area contributed by atoms with Gasteiger partial charge in [0, 0.05) is 38.3 Å². The number of ether oxygens (including phenoxy) is 2. The molecule has 0 amide bonds. The highest BCUT2D eigenvalue weighted by molar-refractivity contribution is 5.72. The molecular weight excluding hydrogens is 428 g/mol. The molecule has 6 nitrogen and oxygen atoms in total. The molecule has 1 aliphatic heterocycles. The lowest BCUT2D eigenvalue weighted by atomic mass is 10.1. The molecule has 0 spiro atoms. The molecule has 3 rings (SSSR count). The van der Waals surface area contributed by atoms with Crippen LogP contribution in [0, 0.1) is 0 Å². The number of anilines is 2. The lowest BCUT2D eigenvalue weighted by Crippen LogP contribution is -2.39. The zero-order valence-electron chi connectivity index (χ0n) is 20.7. The molecule has 6 heteroatoms. The van der Waals surface area contributed by atoms with Crippen molar-refractivity contribution in [1.29, 1.82) is 0 Å². The van der Waals surface area contributed by atoms with Crippen LogP contribution in [0.25, 0.3) is 0 Å². The smallest absolute Gasteiger partial charge is 0.333 e. The van der Waals surface area contributed by atoms with E-state index in [4.69, 9.17) is 9.47 Å². The van der Waals surface area contributed by atoms with Gasteiger partial charge >= 0.3 is 5.97 Å². The Hall–Kier alpha value is -2.73. The van der Waals surface area contributed by atoms with Crippen molar-refractivity contribution in [2.45, 2.75) is 58.5 Å². The number of aliphatic carboxylic acids is 1. The minimum atomic E-state index is -0.912. The predicted molar refractivity (Wildman–Crippen MR) is 138 cm³/mol. The standard InChI is InChI=1S/C28H40N2O4/c1-3-5-6-7-10-17-29(18-19-30-20-21-34-26-12-9-8-11-25(26)30)24-15-13-23(14-16-24)22-27(28(31)32)33-4-2/h8-9,11-16,27H,3-7,10,17-22H2,1-2H3,(H,31,32). The largest absolute Gasteiger partial charge is 0.490 e. The Morgan fingerprint density at radius 2 is 1.82 bits per heavy atom. The van der Waals surface area contributed by atoms with Crippen molar-refractivity contribution >= 4 is 17.3 Å². The van der Waals surface area contributed by atoms with Crippen LogP contribution in [0.4, 0.5) is 11.4 Å². The summed E-state index contributed by atoms with van der Waals surface area (Å²) in [5.74, 6) is 0.0527. The van der Waals surface area contributed by atoms with E-state index >= 15 is 0 Å². The Balaban J connectivity index is 1.65. The second kappa shape index (κ2) is 13.9. The summed E-state index contributed by atoms with van der Waals surface area (Å²) in [7, 11) is 0. The first-order valence-electron chi connectivity index (χ1n) is 12.8. The molecule has 2 aromatic rings. The Labute approximate surface area is 204 Å². The summed E-state index contributed by atoms with van der Waals surface area (Å²) in [5, 5.41) is 9.38. The third kappa shape index (κ3) is 7.66. The average Bonchev–Trinajstić information content (AvgIpc) is 2.86. The van der Waals surface area contributed by atoms with Crippen LogP contribution in [0.5, 0.6) is 5.75 Å². The Kier molecular flexibility index (Phi) is 10.5. The van der Waals surface area contributed by atoms with Gasteiger partial charge in [0.25, 0.3) is 0 Å². The first kappa shape index (κ1) is 25.9. The number of nitrogens with zero attached hydrogens (tertiary/aromatic N) is 2. The van der Waals surface area contributed by atoms with Crippen molar-refractivity contribution < 1.29 is 19.4 Å². The van der Waals surface area contributed by atoms with E-state index in [2.05, 4.69) is 41.0 Å². The molecule has 1 atom stereocenters. The van der Waals surface area contributed by atoms with Gasteiger partial charge in [0.05, 0.1) is 12.2 Å². The summed E-state index contributed by atoms with van der Waals surface area (Å²) in [6.07, 6.45) is 5.83. The molecule has 0 aliphatic carbocycles. The number of hydrogen-bond acceptors (Lipinski definition) is 5. The van der Waals surface area contributed by atoms with Gasteiger partial charge in [-0.05, 0) is 43.2 Å². The van der Waals surface area contributed by atoms with Crippen molar-refractivity contribution in [3.05, 3.63) is 54.1 Å². The van der Waals surface area contributed by atoms with Crippen LogP contribution in [-0.2, 0) is 16.0 Å². The van der Waals surface area contributed by atoms with Crippen molar-refractivity contribution in [1.82, 2.24) is 0 Å². The lowest BCUT2D eigenvalue weighted by molar-refractivity contribution is -0.149. The van der Waals surface area contributed by atoms with Gasteiger partial charge in [0.15, 0.2) is 6.10 Å². The fourth-order valence-electron chi connectivity index (χ4n) is 4.45. The maximum Gasteiger partial charge on any atom is 0.333 e. The highest BCUT2D eigenvalue weighted by atomic mass is 16.5. The minimum Gasteiger partial charge on any atom is -0.490 e. The third-order valence-electron chi connectivity index (χ3n) is 6.36. The van der Waals surface area contributed by atoms with E-state index in [1.165, 1.54) is 43.5 Å². The molecule has 1 heterocycles. The lowest BCUT2D eigenvalue weighted by Gasteiger charge is -2.34. The van der Waals surface area contributed by atoms with Crippen LogP contribution >= 0.6 is 0 Å². The van der Waals surface area contributed by atoms with Crippen LogP contribution in [0.15, 0.2) is 48.5 Å². The third-order valence-corrected chi connectivity index (χ3v) is 6.36. The molecule has 0 bridgehead atoms. The van der Waals surface area contributed by atoms with Gasteiger partial charge in [-0.2, -0.15) is 0 Å². The summed E-state index contributed by atoms with van der Waals surface area (Å²) in [4.78, 5) is 16.3. The number of unbranched alkanes of at least 4 members (excludes halogenated alkanes) is 4. The molecular formula is C28H40N2O4. The number of benzene rings is 2. The molecule has 1 unspecified atom stereocenters. The summed E-state index contributed by atoms with van der Waals surface area (Å²) in [6.45, 7) is 8.96. The van der Waals surface area contributed by atoms with Crippen LogP contribution in [0.2, 0.25) is 0 Å². The molecule has 0 saturated carbocycles. The summed E-state index contributed by atoms with van der Waals surface area (Å²) in [6, 6.07) is 16.6. The summed E-state index contributed by atoms with van der Waals surface area (Å²) < 4.78 is 11.2. The maximum absolute atomic E-state index is 11.4. The monoisotopic (exact) mass is 468 g/mol. The van der Waals surface area contributed by atoms with Gasteiger partial charge in [0.2, 0.25) is 0 Å². The second-order valence-corrected chi connectivity index (χ2v) is 8.86. The summed E-state index contributed by atoms with van der Waals surface area (Å²) >= 11 is 0. The number of fused-ring (bicyclic) bond motifs is 1. The highest BCUT2D eigenvalue weighted by Gasteiger charge is 2.20. The van der Waals surface area contributed by atoms with Crippen LogP contribution < -0.4 is 14.5 Å². The first-order chi connectivity index (χ1) is 16.6. The molecule has 0 aromatic heterocycles. The molecule has 0 fully saturated rings. The first-order valence-corrected chi connectivity index (χ1v) is 12.8. The normalized spacial score (nSPS) is 13.8. The Bertz CT molecular complexity index is 871. The van der Waals surface area contributed by atoms with Crippen molar-refractivity contribution in [2.24, 2.45) is 0 Å². The van der Waals surface area contributed by atoms with Crippen molar-refractivity contribution in [3.8, 4) is 5.75 Å². The maximum atomic E-state index is 11.4.